The molecule has 0 aliphatic carbocycles. The van der Waals surface area contributed by atoms with Crippen molar-refractivity contribution in [1.82, 2.24) is 0 Å². The lowest BCUT2D eigenvalue weighted by Gasteiger charge is -2.08. The number of halogens is 2. The molecular weight excluding hydrogens is 362 g/mol. The van der Waals surface area contributed by atoms with E-state index in [1.54, 1.807) is 30.4 Å². The first kappa shape index (κ1) is 16.4. The highest BCUT2D eigenvalue weighted by Crippen LogP contribution is 2.28. The van der Waals surface area contributed by atoms with E-state index < -0.39 is 0 Å². The third kappa shape index (κ3) is 4.24. The van der Waals surface area contributed by atoms with Gasteiger partial charge in [-0.25, -0.2) is 0 Å². The Morgan fingerprint density at radius 3 is 2.64 bits per heavy atom. The molecule has 2 aromatic carbocycles. The van der Waals surface area contributed by atoms with Crippen molar-refractivity contribution in [2.45, 2.75) is 0 Å². The molecule has 0 aliphatic rings. The summed E-state index contributed by atoms with van der Waals surface area (Å²) in [5.74, 6) is 0.661. The van der Waals surface area contributed by atoms with Gasteiger partial charge < -0.3 is 4.74 Å². The summed E-state index contributed by atoms with van der Waals surface area (Å²) in [6, 6.07) is 15.1. The molecule has 0 radical (unpaired) electrons. The van der Waals surface area contributed by atoms with Gasteiger partial charge in [-0.1, -0.05) is 52.3 Å². The van der Waals surface area contributed by atoms with Gasteiger partial charge in [0.05, 0.1) is 11.6 Å². The van der Waals surface area contributed by atoms with E-state index in [2.05, 4.69) is 28.6 Å². The Morgan fingerprint density at radius 2 is 2.00 bits per heavy atom. The van der Waals surface area contributed by atoms with Gasteiger partial charge in [0.2, 0.25) is 0 Å². The van der Waals surface area contributed by atoms with Gasteiger partial charge in [0.25, 0.3) is 0 Å². The lowest BCUT2D eigenvalue weighted by molar-refractivity contribution is 0.362. The maximum Gasteiger partial charge on any atom is 0.127 e. The van der Waals surface area contributed by atoms with Gasteiger partial charge in [0.15, 0.2) is 0 Å². The molecule has 2 rings (SSSR count). The molecule has 0 spiro atoms. The van der Waals surface area contributed by atoms with E-state index >= 15 is 0 Å². The van der Waals surface area contributed by atoms with Crippen molar-refractivity contribution >= 4 is 39.2 Å². The highest BCUT2D eigenvalue weighted by atomic mass is 79.9. The molecule has 2 nitrogen and oxygen atoms in total. The zero-order chi connectivity index (χ0) is 15.9. The lowest BCUT2D eigenvalue weighted by atomic mass is 10.0. The van der Waals surface area contributed by atoms with Crippen molar-refractivity contribution < 1.29 is 4.74 Å². The Labute approximate surface area is 143 Å². The fraction of sp³-hybridized carbons (Fsp3) is 0.0556. The van der Waals surface area contributed by atoms with Crippen molar-refractivity contribution in [3.8, 4) is 11.8 Å². The minimum absolute atomic E-state index is 0.392. The van der Waals surface area contributed by atoms with Gasteiger partial charge in [-0.15, -0.1) is 0 Å². The fourth-order valence-electron chi connectivity index (χ4n) is 1.88. The largest absolute Gasteiger partial charge is 0.489 e. The quantitative estimate of drug-likeness (QED) is 0.380. The molecule has 0 atom stereocenters. The van der Waals surface area contributed by atoms with Crippen LogP contribution in [-0.2, 0) is 0 Å². The van der Waals surface area contributed by atoms with Crippen LogP contribution in [0.1, 0.15) is 11.1 Å². The lowest BCUT2D eigenvalue weighted by Crippen LogP contribution is -1.95. The van der Waals surface area contributed by atoms with Crippen LogP contribution < -0.4 is 4.74 Å². The van der Waals surface area contributed by atoms with Crippen molar-refractivity contribution in [1.29, 1.82) is 5.26 Å². The highest BCUT2D eigenvalue weighted by molar-refractivity contribution is 9.10. The Balaban J connectivity index is 2.44. The summed E-state index contributed by atoms with van der Waals surface area (Å²) in [7, 11) is 0. The summed E-state index contributed by atoms with van der Waals surface area (Å²) in [6.45, 7) is 4.02. The number of nitrogens with zero attached hydrogens (tertiary/aromatic N) is 1. The number of benzene rings is 2. The minimum atomic E-state index is 0.392. The van der Waals surface area contributed by atoms with Crippen molar-refractivity contribution in [3.63, 3.8) is 0 Å². The Bertz CT molecular complexity index is 745. The third-order valence-corrected chi connectivity index (χ3v) is 3.67. The van der Waals surface area contributed by atoms with Crippen LogP contribution in [0.5, 0.6) is 5.75 Å². The first-order chi connectivity index (χ1) is 10.6. The molecule has 0 aromatic heterocycles. The molecule has 110 valence electrons. The van der Waals surface area contributed by atoms with E-state index in [4.69, 9.17) is 16.3 Å². The van der Waals surface area contributed by atoms with Crippen molar-refractivity contribution in [2.24, 2.45) is 0 Å². The summed E-state index contributed by atoms with van der Waals surface area (Å²) in [5, 5.41) is 10.0. The van der Waals surface area contributed by atoms with Crippen LogP contribution in [0, 0.1) is 11.3 Å². The molecule has 0 bridgehead atoms. The molecule has 0 saturated carbocycles. The van der Waals surface area contributed by atoms with E-state index in [-0.39, 0.29) is 0 Å². The van der Waals surface area contributed by atoms with Gasteiger partial charge in [0, 0.05) is 15.1 Å². The number of hydrogen-bond donors (Lipinski definition) is 0. The normalized spacial score (nSPS) is 10.9. The molecule has 0 aliphatic heterocycles. The molecular formula is C18H13BrClNO. The minimum Gasteiger partial charge on any atom is -0.489 e. The predicted molar refractivity (Wildman–Crippen MR) is 94.8 cm³/mol. The van der Waals surface area contributed by atoms with Crippen LogP contribution in [0.2, 0.25) is 5.02 Å². The first-order valence-electron chi connectivity index (χ1n) is 6.55. The highest BCUT2D eigenvalue weighted by Gasteiger charge is 2.06. The molecule has 0 amide bonds. The van der Waals surface area contributed by atoms with Crippen LogP contribution in [0.4, 0.5) is 0 Å². The molecule has 22 heavy (non-hydrogen) atoms. The van der Waals surface area contributed by atoms with Gasteiger partial charge in [-0.3, -0.25) is 0 Å². The van der Waals surface area contributed by atoms with Gasteiger partial charge in [-0.05, 0) is 42.0 Å². The predicted octanol–water partition coefficient (Wildman–Crippen LogP) is 5.73. The summed E-state index contributed by atoms with van der Waals surface area (Å²) in [6.07, 6.45) is 3.44. The van der Waals surface area contributed by atoms with Crippen molar-refractivity contribution in [2.75, 3.05) is 6.61 Å². The topological polar surface area (TPSA) is 33.0 Å². The number of hydrogen-bond acceptors (Lipinski definition) is 2. The monoisotopic (exact) mass is 373 g/mol. The van der Waals surface area contributed by atoms with Crippen LogP contribution in [-0.4, -0.2) is 6.61 Å². The summed E-state index contributed by atoms with van der Waals surface area (Å²) in [5.41, 5.74) is 2.13. The summed E-state index contributed by atoms with van der Waals surface area (Å²) in [4.78, 5) is 0. The van der Waals surface area contributed by atoms with Gasteiger partial charge in [0.1, 0.15) is 12.4 Å². The molecule has 4 heteroatoms. The molecule has 0 unspecified atom stereocenters. The maximum atomic E-state index is 9.43. The standard InChI is InChI=1S/C18H13BrClNO/c1-2-9-22-18-8-7-17(20)11-14(18)10-15(12-21)13-3-5-16(19)6-4-13/h2-8,10-11H,1,9H2/b15-10+. The van der Waals surface area contributed by atoms with E-state index in [1.165, 1.54) is 0 Å². The fourth-order valence-corrected chi connectivity index (χ4v) is 2.32. The molecule has 0 N–H and O–H groups in total. The number of nitriles is 1. The Hall–Kier alpha value is -2.02. The zero-order valence-electron chi connectivity index (χ0n) is 11.7. The third-order valence-electron chi connectivity index (χ3n) is 2.90. The van der Waals surface area contributed by atoms with Gasteiger partial charge in [-0.2, -0.15) is 5.26 Å². The number of allylic oxidation sites excluding steroid dienone is 1. The van der Waals surface area contributed by atoms with E-state index in [0.717, 1.165) is 15.6 Å². The van der Waals surface area contributed by atoms with Crippen molar-refractivity contribution in [3.05, 3.63) is 75.7 Å². The Kier molecular flexibility index (Phi) is 5.83. The first-order valence-corrected chi connectivity index (χ1v) is 7.72. The SMILES string of the molecule is C=CCOc1ccc(Cl)cc1/C=C(\C#N)c1ccc(Br)cc1. The van der Waals surface area contributed by atoms with E-state index in [0.29, 0.717) is 23.0 Å². The molecule has 0 saturated heterocycles. The second kappa shape index (κ2) is 7.84. The van der Waals surface area contributed by atoms with Crippen LogP contribution in [0.15, 0.2) is 59.6 Å². The van der Waals surface area contributed by atoms with Crippen LogP contribution >= 0.6 is 27.5 Å². The van der Waals surface area contributed by atoms with Crippen LogP contribution in [0.3, 0.4) is 0 Å². The summed E-state index contributed by atoms with van der Waals surface area (Å²) >= 11 is 9.43. The summed E-state index contributed by atoms with van der Waals surface area (Å²) < 4.78 is 6.57. The average Bonchev–Trinajstić information content (AvgIpc) is 2.53. The second-order valence-corrected chi connectivity index (χ2v) is 5.81. The smallest absolute Gasteiger partial charge is 0.127 e. The average molecular weight is 375 g/mol. The second-order valence-electron chi connectivity index (χ2n) is 4.46. The zero-order valence-corrected chi connectivity index (χ0v) is 14.1. The molecule has 2 aromatic rings. The maximum absolute atomic E-state index is 9.43. The van der Waals surface area contributed by atoms with Crippen LogP contribution in [0.25, 0.3) is 11.6 Å². The molecule has 0 heterocycles. The number of ether oxygens (including phenoxy) is 1. The van der Waals surface area contributed by atoms with E-state index in [1.807, 2.05) is 24.3 Å². The Morgan fingerprint density at radius 1 is 1.27 bits per heavy atom. The molecule has 0 fully saturated rings. The number of rotatable bonds is 5. The van der Waals surface area contributed by atoms with Gasteiger partial charge >= 0.3 is 0 Å². The van der Waals surface area contributed by atoms with E-state index in [9.17, 15) is 5.26 Å².